The van der Waals surface area contributed by atoms with Crippen LogP contribution in [0.2, 0.25) is 5.02 Å². The molecule has 0 bridgehead atoms. The molecule has 5 heterocycles. The molecule has 3 aromatic carbocycles. The first-order valence-corrected chi connectivity index (χ1v) is 31.0. The molecule has 4 saturated heterocycles. The molecule has 5 fully saturated rings. The molecule has 0 radical (unpaired) electrons. The van der Waals surface area contributed by atoms with Gasteiger partial charge in [-0.2, -0.15) is 0 Å². The fraction of sp³-hybridized carbons (Fsp3) is 0.594. The third-order valence-electron chi connectivity index (χ3n) is 18.6. The number of anilines is 1. The van der Waals surface area contributed by atoms with Gasteiger partial charge in [0.2, 0.25) is 17.7 Å². The molecule has 2 aliphatic carbocycles. The summed E-state index contributed by atoms with van der Waals surface area (Å²) in [6.07, 6.45) is 11.5. The Labute approximate surface area is 490 Å². The van der Waals surface area contributed by atoms with Crippen molar-refractivity contribution in [1.82, 2.24) is 45.1 Å². The molecule has 82 heavy (non-hydrogen) atoms. The third kappa shape index (κ3) is 14.5. The molecular formula is C64H87ClN10O7. The number of carbonyl (C=O) groups excluding carboxylic acids is 4. The Hall–Kier alpha value is -5.85. The number of hydrogen-bond donors (Lipinski definition) is 3. The van der Waals surface area contributed by atoms with Gasteiger partial charge in [0.15, 0.2) is 0 Å². The number of aliphatic hydroxyl groups excluding tert-OH is 1. The third-order valence-corrected chi connectivity index (χ3v) is 18.9. The lowest BCUT2D eigenvalue weighted by atomic mass is 9.83. The van der Waals surface area contributed by atoms with E-state index in [4.69, 9.17) is 21.1 Å². The molecule has 442 valence electrons. The monoisotopic (exact) mass is 1140 g/mol. The molecule has 10 rings (SSSR count). The fourth-order valence-corrected chi connectivity index (χ4v) is 14.0. The lowest BCUT2D eigenvalue weighted by Gasteiger charge is -2.41. The van der Waals surface area contributed by atoms with Crippen molar-refractivity contribution in [2.45, 2.75) is 121 Å². The van der Waals surface area contributed by atoms with Crippen LogP contribution in [0.3, 0.4) is 0 Å². The van der Waals surface area contributed by atoms with E-state index in [1.54, 1.807) is 13.4 Å². The van der Waals surface area contributed by atoms with Crippen molar-refractivity contribution in [3.63, 3.8) is 0 Å². The number of halogens is 1. The highest BCUT2D eigenvalue weighted by Crippen LogP contribution is 2.43. The van der Waals surface area contributed by atoms with Crippen molar-refractivity contribution < 1.29 is 33.8 Å². The second-order valence-electron chi connectivity index (χ2n) is 23.9. The molecule has 4 aromatic rings. The highest BCUT2D eigenvalue weighted by Gasteiger charge is 2.38. The van der Waals surface area contributed by atoms with Gasteiger partial charge < -0.3 is 49.7 Å². The molecule has 17 nitrogen and oxygen atoms in total. The molecule has 4 unspecified atom stereocenters. The maximum atomic E-state index is 14.6. The summed E-state index contributed by atoms with van der Waals surface area (Å²) in [5.41, 5.74) is 5.33. The predicted octanol–water partition coefficient (Wildman–Crippen LogP) is 7.63. The average Bonchev–Trinajstić information content (AvgIpc) is 4.08. The SMILES string of the molecule is CCOc1cc(OC)ccc1CNCC(=O)N1CCCC(c2cccc(C(=O)NC(C(=O)N3CCN(CC4CCN(CCC(C(=O)N5CCN(c6ncnc7c6[C@H](C)CC7O)CC5)c5ccc(Cl)cc5)CC4)CC3)C3CCCCC3)c2)C1. The molecule has 1 saturated carbocycles. The number of likely N-dealkylation sites (tertiary alicyclic amines) is 2. The molecule has 18 heteroatoms. The Bertz CT molecular complexity index is 2790. The van der Waals surface area contributed by atoms with E-state index in [1.807, 2.05) is 82.3 Å². The van der Waals surface area contributed by atoms with Crippen LogP contribution in [0.25, 0.3) is 0 Å². The van der Waals surface area contributed by atoms with E-state index in [9.17, 15) is 24.3 Å². The number of rotatable bonds is 20. The standard InChI is InChI=1S/C64H87ClN10O7/c1-4-82-56-38-53(81-3)20-17-50(56)39-66-40-57(77)75-24-9-14-51(42-75)48-12-8-13-49(37-48)62(78)69-59(47-10-6-5-7-11-47)64(80)74-30-28-71(29-31-74)41-45-21-25-70(26-22-45)27-23-54(46-15-18-52(65)19-16-46)63(79)73-34-32-72(33-35-73)61-58-44(2)36-55(76)60(58)67-43-68-61/h8,12-13,15-20,37-38,43-45,47,51,54-55,59,66,76H,4-7,9-11,14,21-36,39-42H2,1-3H3,(H,69,78)/t44-,51?,54?,55?,59?/m1/s1. The van der Waals surface area contributed by atoms with Gasteiger partial charge in [0.25, 0.3) is 5.91 Å². The van der Waals surface area contributed by atoms with Crippen LogP contribution in [0, 0.1) is 11.8 Å². The minimum absolute atomic E-state index is 0.0412. The van der Waals surface area contributed by atoms with Crippen LogP contribution in [0.15, 0.2) is 73.1 Å². The van der Waals surface area contributed by atoms with Crippen molar-refractivity contribution in [2.24, 2.45) is 11.8 Å². The quantitative estimate of drug-likeness (QED) is 0.0789. The van der Waals surface area contributed by atoms with Crippen LogP contribution in [0.1, 0.15) is 147 Å². The summed E-state index contributed by atoms with van der Waals surface area (Å²) in [6.45, 7) is 15.9. The number of nitrogens with zero attached hydrogens (tertiary/aromatic N) is 8. The van der Waals surface area contributed by atoms with Gasteiger partial charge in [0.05, 0.1) is 38.0 Å². The first-order chi connectivity index (χ1) is 39.9. The van der Waals surface area contributed by atoms with Crippen LogP contribution >= 0.6 is 11.6 Å². The molecule has 6 aliphatic rings. The highest BCUT2D eigenvalue weighted by atomic mass is 35.5. The van der Waals surface area contributed by atoms with Crippen molar-refractivity contribution in [2.75, 3.05) is 117 Å². The number of piperazine rings is 2. The molecule has 0 spiro atoms. The number of ether oxygens (including phenoxy) is 2. The van der Waals surface area contributed by atoms with E-state index in [0.29, 0.717) is 88.4 Å². The lowest BCUT2D eigenvalue weighted by Crippen LogP contribution is -2.57. The smallest absolute Gasteiger partial charge is 0.251 e. The zero-order valence-electron chi connectivity index (χ0n) is 48.6. The van der Waals surface area contributed by atoms with E-state index in [2.05, 4.69) is 48.3 Å². The summed E-state index contributed by atoms with van der Waals surface area (Å²) in [5.74, 6) is 3.08. The minimum Gasteiger partial charge on any atom is -0.497 e. The Morgan fingerprint density at radius 2 is 1.52 bits per heavy atom. The first kappa shape index (κ1) is 59.3. The van der Waals surface area contributed by atoms with Crippen molar-refractivity contribution in [3.05, 3.63) is 112 Å². The number of carbonyl (C=O) groups is 4. The summed E-state index contributed by atoms with van der Waals surface area (Å²) < 4.78 is 11.2. The highest BCUT2D eigenvalue weighted by molar-refractivity contribution is 6.30. The Kier molecular flexibility index (Phi) is 20.4. The number of hydrogen-bond acceptors (Lipinski definition) is 13. The van der Waals surface area contributed by atoms with Crippen LogP contribution in [-0.2, 0) is 20.9 Å². The van der Waals surface area contributed by atoms with E-state index in [-0.39, 0.29) is 53.8 Å². The van der Waals surface area contributed by atoms with Gasteiger partial charge in [-0.25, -0.2) is 9.97 Å². The van der Waals surface area contributed by atoms with E-state index in [1.165, 1.54) is 0 Å². The summed E-state index contributed by atoms with van der Waals surface area (Å²) in [6, 6.07) is 20.8. The van der Waals surface area contributed by atoms with Gasteiger partial charge in [-0.3, -0.25) is 24.1 Å². The average molecular weight is 1140 g/mol. The van der Waals surface area contributed by atoms with Crippen LogP contribution < -0.4 is 25.0 Å². The van der Waals surface area contributed by atoms with Gasteiger partial charge in [-0.15, -0.1) is 0 Å². The van der Waals surface area contributed by atoms with Crippen molar-refractivity contribution in [1.29, 1.82) is 0 Å². The number of nitrogens with one attached hydrogen (secondary N) is 2. The Balaban J connectivity index is 0.678. The second kappa shape index (κ2) is 28.2. The van der Waals surface area contributed by atoms with Gasteiger partial charge in [0.1, 0.15) is 29.7 Å². The normalized spacial score (nSPS) is 22.1. The zero-order chi connectivity index (χ0) is 57.1. The zero-order valence-corrected chi connectivity index (χ0v) is 49.4. The lowest BCUT2D eigenvalue weighted by molar-refractivity contribution is -0.137. The van der Waals surface area contributed by atoms with Crippen LogP contribution in [0.5, 0.6) is 11.5 Å². The molecular weight excluding hydrogens is 1060 g/mol. The molecule has 4 amide bonds. The number of aliphatic hydroxyl groups is 1. The number of methoxy groups -OCH3 is 1. The number of aromatic nitrogens is 2. The molecule has 1 aromatic heterocycles. The predicted molar refractivity (Wildman–Crippen MR) is 319 cm³/mol. The summed E-state index contributed by atoms with van der Waals surface area (Å²) in [5, 5.41) is 17.9. The van der Waals surface area contributed by atoms with Gasteiger partial charge in [-0.1, -0.05) is 68.1 Å². The van der Waals surface area contributed by atoms with Gasteiger partial charge in [0, 0.05) is 112 Å². The Morgan fingerprint density at radius 1 is 0.780 bits per heavy atom. The van der Waals surface area contributed by atoms with Gasteiger partial charge in [-0.05, 0) is 137 Å². The van der Waals surface area contributed by atoms with Crippen LogP contribution in [0.4, 0.5) is 5.82 Å². The maximum absolute atomic E-state index is 14.6. The summed E-state index contributed by atoms with van der Waals surface area (Å²) in [7, 11) is 1.63. The maximum Gasteiger partial charge on any atom is 0.251 e. The van der Waals surface area contributed by atoms with Crippen molar-refractivity contribution in [3.8, 4) is 11.5 Å². The molecule has 3 N–H and O–H groups in total. The van der Waals surface area contributed by atoms with Crippen molar-refractivity contribution >= 4 is 41.0 Å². The summed E-state index contributed by atoms with van der Waals surface area (Å²) in [4.78, 5) is 79.1. The first-order valence-electron chi connectivity index (χ1n) is 30.7. The minimum atomic E-state index is -0.568. The number of amides is 4. The Morgan fingerprint density at radius 3 is 2.27 bits per heavy atom. The van der Waals surface area contributed by atoms with E-state index >= 15 is 0 Å². The van der Waals surface area contributed by atoms with Crippen LogP contribution in [-0.4, -0.2) is 181 Å². The second-order valence-corrected chi connectivity index (χ2v) is 24.4. The van der Waals surface area contributed by atoms with Gasteiger partial charge >= 0.3 is 0 Å². The fourth-order valence-electron chi connectivity index (χ4n) is 13.9. The summed E-state index contributed by atoms with van der Waals surface area (Å²) >= 11 is 6.34. The number of piperidine rings is 2. The largest absolute Gasteiger partial charge is 0.497 e. The van der Waals surface area contributed by atoms with E-state index in [0.717, 1.165) is 149 Å². The topological polar surface area (TPSA) is 176 Å². The molecule has 5 atom stereocenters. The number of benzene rings is 3. The molecule has 4 aliphatic heterocycles. The van der Waals surface area contributed by atoms with E-state index < -0.39 is 12.1 Å². The number of fused-ring (bicyclic) bond motifs is 1.